The first-order valence-corrected chi connectivity index (χ1v) is 13.8. The van der Waals surface area contributed by atoms with Crippen LogP contribution in [0.3, 0.4) is 0 Å². The Morgan fingerprint density at radius 3 is 2.54 bits per heavy atom. The van der Waals surface area contributed by atoms with Crippen LogP contribution in [-0.4, -0.2) is 29.3 Å². The Morgan fingerprint density at radius 2 is 1.95 bits per heavy atom. The van der Waals surface area contributed by atoms with Crippen LogP contribution in [0, 0.1) is 17.8 Å². The molecular formula is C29H34ClF2NO3S. The molecule has 0 amide bonds. The monoisotopic (exact) mass is 549 g/mol. The number of allylic oxidation sites excluding steroid dienone is 3. The minimum atomic E-state index is -3.22. The number of nitrogens with zero attached hydrogens (tertiary/aromatic N) is 1. The maximum Gasteiger partial charge on any atom is 0.397 e. The Hall–Kier alpha value is -2.35. The Bertz CT molecular complexity index is 1170. The summed E-state index contributed by atoms with van der Waals surface area (Å²) in [6.45, 7) is 7.55. The molecule has 0 fully saturated rings. The van der Waals surface area contributed by atoms with Gasteiger partial charge >= 0.3 is 6.11 Å². The van der Waals surface area contributed by atoms with Gasteiger partial charge in [-0.2, -0.15) is 8.78 Å². The van der Waals surface area contributed by atoms with E-state index in [9.17, 15) is 18.7 Å². The summed E-state index contributed by atoms with van der Waals surface area (Å²) in [5.41, 5.74) is 2.72. The molecule has 3 rings (SSSR count). The number of hydrogen-bond acceptors (Lipinski definition) is 5. The lowest BCUT2D eigenvalue weighted by Crippen LogP contribution is -2.27. The molecule has 0 spiro atoms. The lowest BCUT2D eigenvalue weighted by atomic mass is 9.84. The molecule has 37 heavy (non-hydrogen) atoms. The van der Waals surface area contributed by atoms with E-state index in [1.165, 1.54) is 23.5 Å². The van der Waals surface area contributed by atoms with Crippen molar-refractivity contribution in [3.05, 3.63) is 63.3 Å². The zero-order valence-corrected chi connectivity index (χ0v) is 23.2. The second kappa shape index (κ2) is 12.9. The number of aliphatic hydroxyl groups excluding tert-OH is 1. The average molecular weight is 550 g/mol. The van der Waals surface area contributed by atoms with Crippen molar-refractivity contribution in [3.8, 4) is 5.75 Å². The molecule has 2 unspecified atom stereocenters. The van der Waals surface area contributed by atoms with Crippen molar-refractivity contribution in [1.82, 2.24) is 0 Å². The average Bonchev–Trinajstić information content (AvgIpc) is 3.27. The summed E-state index contributed by atoms with van der Waals surface area (Å²) in [7, 11) is 0. The molecule has 0 saturated carbocycles. The number of halogens is 3. The minimum Gasteiger partial charge on any atom is -0.433 e. The predicted molar refractivity (Wildman–Crippen MR) is 148 cm³/mol. The molecular weight excluding hydrogens is 516 g/mol. The summed E-state index contributed by atoms with van der Waals surface area (Å²) in [6, 6.07) is 10.2. The summed E-state index contributed by atoms with van der Waals surface area (Å²) >= 11 is 7.57. The van der Waals surface area contributed by atoms with Crippen molar-refractivity contribution in [1.29, 1.82) is 0 Å². The van der Waals surface area contributed by atoms with Gasteiger partial charge in [-0.1, -0.05) is 57.5 Å². The summed E-state index contributed by atoms with van der Waals surface area (Å²) in [5.74, 6) is -0.357. The van der Waals surface area contributed by atoms with Gasteiger partial charge in [-0.25, -0.2) is 4.99 Å². The van der Waals surface area contributed by atoms with Crippen molar-refractivity contribution in [2.75, 3.05) is 6.61 Å². The SMILES string of the molecule is CCCC(F)(F)Oc1ccc(/C2=C/C(C(=O)[C@@H](C)C(C)CCO)=N/C(c3ccc(Cl)s3)=C/CC2C)cc1. The second-order valence-electron chi connectivity index (χ2n) is 9.58. The number of rotatable bonds is 11. The number of alkyl halides is 2. The van der Waals surface area contributed by atoms with E-state index >= 15 is 0 Å². The van der Waals surface area contributed by atoms with Crippen LogP contribution in [0.2, 0.25) is 4.34 Å². The first-order chi connectivity index (χ1) is 17.5. The highest BCUT2D eigenvalue weighted by molar-refractivity contribution is 7.17. The van der Waals surface area contributed by atoms with E-state index in [0.717, 1.165) is 16.0 Å². The Labute approximate surface area is 226 Å². The molecule has 2 aromatic rings. The summed E-state index contributed by atoms with van der Waals surface area (Å²) in [4.78, 5) is 19.3. The standard InChI is InChI=1S/C29H34ClF2NO3S/c1-5-15-29(31,32)36-22-9-7-21(8-10-22)23-17-25(28(35)20(4)18(2)14-16-34)33-24(11-6-19(23)3)26-12-13-27(30)37-26/h7-13,17-20,34H,5-6,14-16H2,1-4H3/b23-17+,24-11+,33-25-/t18?,19?,20-/m0/s1. The van der Waals surface area contributed by atoms with E-state index in [2.05, 4.69) is 6.92 Å². The number of ether oxygens (including phenoxy) is 1. The zero-order chi connectivity index (χ0) is 27.2. The molecule has 1 aliphatic rings. The first-order valence-electron chi connectivity index (χ1n) is 12.6. The molecule has 2 heterocycles. The Kier molecular flexibility index (Phi) is 10.2. The van der Waals surface area contributed by atoms with Gasteiger partial charge in [0.05, 0.1) is 21.3 Å². The predicted octanol–water partition coefficient (Wildman–Crippen LogP) is 8.30. The number of benzene rings is 1. The van der Waals surface area contributed by atoms with Crippen molar-refractivity contribution < 1.29 is 23.4 Å². The molecule has 1 aromatic carbocycles. The van der Waals surface area contributed by atoms with Gasteiger partial charge in [0.15, 0.2) is 5.78 Å². The van der Waals surface area contributed by atoms with Crippen molar-refractivity contribution >= 4 is 45.7 Å². The van der Waals surface area contributed by atoms with Crippen LogP contribution >= 0.6 is 22.9 Å². The van der Waals surface area contributed by atoms with Crippen LogP contribution < -0.4 is 4.74 Å². The molecule has 200 valence electrons. The summed E-state index contributed by atoms with van der Waals surface area (Å²) in [5, 5.41) is 9.37. The number of carbonyl (C=O) groups excluding carboxylic acids is 1. The van der Waals surface area contributed by atoms with E-state index < -0.39 is 6.11 Å². The van der Waals surface area contributed by atoms with Gasteiger partial charge in [-0.05, 0) is 72.6 Å². The van der Waals surface area contributed by atoms with Crippen LogP contribution in [-0.2, 0) is 4.79 Å². The molecule has 0 bridgehead atoms. The minimum absolute atomic E-state index is 0.00789. The van der Waals surface area contributed by atoms with Crippen LogP contribution in [0.4, 0.5) is 8.78 Å². The van der Waals surface area contributed by atoms with Gasteiger partial charge in [0.1, 0.15) is 11.5 Å². The van der Waals surface area contributed by atoms with Crippen molar-refractivity contribution in [2.45, 2.75) is 59.5 Å². The maximum absolute atomic E-state index is 13.9. The van der Waals surface area contributed by atoms with E-state index in [0.29, 0.717) is 35.0 Å². The van der Waals surface area contributed by atoms with Gasteiger partial charge in [0.2, 0.25) is 0 Å². The highest BCUT2D eigenvalue weighted by atomic mass is 35.5. The largest absolute Gasteiger partial charge is 0.433 e. The number of ketones is 1. The van der Waals surface area contributed by atoms with Gasteiger partial charge in [-0.15, -0.1) is 11.3 Å². The Morgan fingerprint density at radius 1 is 1.24 bits per heavy atom. The molecule has 1 aromatic heterocycles. The van der Waals surface area contributed by atoms with E-state index in [1.54, 1.807) is 19.1 Å². The molecule has 0 saturated heterocycles. The molecule has 1 aliphatic heterocycles. The van der Waals surface area contributed by atoms with Crippen molar-refractivity contribution in [2.24, 2.45) is 22.7 Å². The maximum atomic E-state index is 13.9. The van der Waals surface area contributed by atoms with Crippen molar-refractivity contribution in [3.63, 3.8) is 0 Å². The zero-order valence-electron chi connectivity index (χ0n) is 21.6. The number of Topliss-reactive ketones (excluding diaryl/α,β-unsaturated/α-hetero) is 1. The van der Waals surface area contributed by atoms with Gasteiger partial charge in [-0.3, -0.25) is 4.79 Å². The molecule has 1 N–H and O–H groups in total. The molecule has 0 radical (unpaired) electrons. The normalized spacial score (nSPS) is 22.4. The van der Waals surface area contributed by atoms with E-state index in [-0.39, 0.29) is 42.3 Å². The van der Waals surface area contributed by atoms with Crippen LogP contribution in [0.1, 0.15) is 63.8 Å². The number of carbonyl (C=O) groups is 1. The quantitative estimate of drug-likeness (QED) is 0.306. The fraction of sp³-hybridized carbons (Fsp3) is 0.448. The fourth-order valence-electron chi connectivity index (χ4n) is 4.19. The third-order valence-electron chi connectivity index (χ3n) is 6.65. The first kappa shape index (κ1) is 29.2. The van der Waals surface area contributed by atoms with Crippen LogP contribution in [0.15, 0.2) is 53.5 Å². The fourth-order valence-corrected chi connectivity index (χ4v) is 5.22. The Balaban J connectivity index is 2.01. The topological polar surface area (TPSA) is 58.9 Å². The lowest BCUT2D eigenvalue weighted by Gasteiger charge is -2.22. The number of aliphatic hydroxyl groups is 1. The molecule has 8 heteroatoms. The lowest BCUT2D eigenvalue weighted by molar-refractivity contribution is -0.180. The van der Waals surface area contributed by atoms with Gasteiger partial charge in [0.25, 0.3) is 0 Å². The van der Waals surface area contributed by atoms with Gasteiger partial charge < -0.3 is 9.84 Å². The third kappa shape index (κ3) is 7.82. The highest BCUT2D eigenvalue weighted by Gasteiger charge is 2.30. The van der Waals surface area contributed by atoms with Gasteiger partial charge in [0, 0.05) is 12.5 Å². The molecule has 4 nitrogen and oxygen atoms in total. The second-order valence-corrected chi connectivity index (χ2v) is 11.3. The third-order valence-corrected chi connectivity index (χ3v) is 7.91. The number of thiophene rings is 1. The summed E-state index contributed by atoms with van der Waals surface area (Å²) < 4.78 is 33.4. The van der Waals surface area contributed by atoms with Crippen LogP contribution in [0.25, 0.3) is 11.3 Å². The molecule has 3 atom stereocenters. The number of aliphatic imine (C=N–C) groups is 1. The smallest absolute Gasteiger partial charge is 0.397 e. The molecule has 0 aliphatic carbocycles. The van der Waals surface area contributed by atoms with Crippen LogP contribution in [0.5, 0.6) is 5.75 Å². The van der Waals surface area contributed by atoms with E-state index in [1.807, 2.05) is 38.1 Å². The van der Waals surface area contributed by atoms with E-state index in [4.69, 9.17) is 21.3 Å². The summed E-state index contributed by atoms with van der Waals surface area (Å²) in [6.07, 6.45) is 1.76. The highest BCUT2D eigenvalue weighted by Crippen LogP contribution is 2.35. The number of hydrogen-bond donors (Lipinski definition) is 1.